The minimum Gasteiger partial charge on any atom is -0.508 e. The maximum Gasteiger partial charge on any atom is 0.258 e. The highest BCUT2D eigenvalue weighted by atomic mass is 16.5. The fraction of sp³-hybridized carbons (Fsp3) is 0.438. The van der Waals surface area contributed by atoms with E-state index in [4.69, 9.17) is 4.52 Å². The topological polar surface area (TPSA) is 88.2 Å². The zero-order valence-electron chi connectivity index (χ0n) is 12.5. The van der Waals surface area contributed by atoms with Crippen molar-refractivity contribution in [1.29, 1.82) is 0 Å². The van der Waals surface area contributed by atoms with Gasteiger partial charge in [0.15, 0.2) is 5.82 Å². The Bertz CT molecular complexity index is 675. The highest BCUT2D eigenvalue weighted by Gasteiger charge is 2.39. The Kier molecular flexibility index (Phi) is 3.83. The number of aromatic nitrogens is 2. The summed E-state index contributed by atoms with van der Waals surface area (Å²) in [6, 6.07) is 6.67. The van der Waals surface area contributed by atoms with E-state index in [9.17, 15) is 9.90 Å². The summed E-state index contributed by atoms with van der Waals surface area (Å²) in [6.45, 7) is 1.51. The average Bonchev–Trinajstić information content (AvgIpc) is 2.98. The standard InChI is InChI=1S/C16H19N3O3/c1-11(20)18-16(8-3-2-4-9-16)15-17-14(22-19-15)12-6-5-7-13(21)10-12/h5-7,10,21H,2-4,8-9H2,1H3,(H,18,20). The van der Waals surface area contributed by atoms with Crippen LogP contribution in [0.2, 0.25) is 0 Å². The van der Waals surface area contributed by atoms with E-state index in [1.54, 1.807) is 24.3 Å². The van der Waals surface area contributed by atoms with E-state index in [2.05, 4.69) is 15.5 Å². The molecule has 2 aromatic rings. The summed E-state index contributed by atoms with van der Waals surface area (Å²) in [7, 11) is 0. The Balaban J connectivity index is 1.94. The molecule has 1 aromatic heterocycles. The molecular weight excluding hydrogens is 282 g/mol. The minimum absolute atomic E-state index is 0.0920. The van der Waals surface area contributed by atoms with E-state index in [0.717, 1.165) is 32.1 Å². The molecule has 0 atom stereocenters. The molecule has 1 aromatic carbocycles. The van der Waals surface area contributed by atoms with Crippen LogP contribution in [0, 0.1) is 0 Å². The smallest absolute Gasteiger partial charge is 0.258 e. The number of carbonyl (C=O) groups excluding carboxylic acids is 1. The molecule has 1 aliphatic rings. The summed E-state index contributed by atoms with van der Waals surface area (Å²) in [4.78, 5) is 16.0. The molecular formula is C16H19N3O3. The van der Waals surface area contributed by atoms with Crippen molar-refractivity contribution in [3.63, 3.8) is 0 Å². The fourth-order valence-corrected chi connectivity index (χ4v) is 3.07. The molecule has 1 saturated carbocycles. The van der Waals surface area contributed by atoms with Gasteiger partial charge < -0.3 is 14.9 Å². The zero-order chi connectivity index (χ0) is 15.6. The van der Waals surface area contributed by atoms with Crippen LogP contribution in [-0.4, -0.2) is 21.2 Å². The van der Waals surface area contributed by atoms with Gasteiger partial charge in [-0.3, -0.25) is 4.79 Å². The summed E-state index contributed by atoms with van der Waals surface area (Å²) in [5.41, 5.74) is 0.121. The van der Waals surface area contributed by atoms with Crippen LogP contribution in [0.1, 0.15) is 44.9 Å². The van der Waals surface area contributed by atoms with Crippen LogP contribution in [0.15, 0.2) is 28.8 Å². The molecule has 0 spiro atoms. The van der Waals surface area contributed by atoms with Crippen LogP contribution in [-0.2, 0) is 10.3 Å². The van der Waals surface area contributed by atoms with Crippen molar-refractivity contribution < 1.29 is 14.4 Å². The predicted molar refractivity (Wildman–Crippen MR) is 80.0 cm³/mol. The lowest BCUT2D eigenvalue weighted by atomic mass is 9.81. The van der Waals surface area contributed by atoms with Gasteiger partial charge in [0.05, 0.1) is 0 Å². The van der Waals surface area contributed by atoms with E-state index >= 15 is 0 Å². The van der Waals surface area contributed by atoms with Crippen molar-refractivity contribution in [1.82, 2.24) is 15.5 Å². The van der Waals surface area contributed by atoms with Crippen molar-refractivity contribution in [2.75, 3.05) is 0 Å². The third kappa shape index (κ3) is 2.81. The monoisotopic (exact) mass is 301 g/mol. The van der Waals surface area contributed by atoms with E-state index in [1.165, 1.54) is 6.92 Å². The van der Waals surface area contributed by atoms with Crippen molar-refractivity contribution in [3.8, 4) is 17.2 Å². The molecule has 3 rings (SSSR count). The first-order chi connectivity index (χ1) is 10.6. The second kappa shape index (κ2) is 5.79. The predicted octanol–water partition coefficient (Wildman–Crippen LogP) is 2.74. The number of rotatable bonds is 3. The van der Waals surface area contributed by atoms with E-state index < -0.39 is 5.54 Å². The maximum atomic E-state index is 11.6. The molecule has 1 heterocycles. The van der Waals surface area contributed by atoms with Gasteiger partial charge in [0, 0.05) is 12.5 Å². The number of carbonyl (C=O) groups is 1. The average molecular weight is 301 g/mol. The molecule has 0 aliphatic heterocycles. The van der Waals surface area contributed by atoms with Crippen LogP contribution in [0.5, 0.6) is 5.75 Å². The Morgan fingerprint density at radius 2 is 2.09 bits per heavy atom. The number of amides is 1. The van der Waals surface area contributed by atoms with E-state index in [0.29, 0.717) is 17.3 Å². The second-order valence-corrected chi connectivity index (χ2v) is 5.80. The Hall–Kier alpha value is -2.37. The lowest BCUT2D eigenvalue weighted by Crippen LogP contribution is -2.47. The van der Waals surface area contributed by atoms with Gasteiger partial charge in [-0.05, 0) is 31.0 Å². The van der Waals surface area contributed by atoms with Gasteiger partial charge in [-0.15, -0.1) is 0 Å². The van der Waals surface area contributed by atoms with Crippen molar-refractivity contribution in [3.05, 3.63) is 30.1 Å². The normalized spacial score (nSPS) is 17.1. The molecule has 0 unspecified atom stereocenters. The van der Waals surface area contributed by atoms with Crippen LogP contribution in [0.3, 0.4) is 0 Å². The molecule has 0 radical (unpaired) electrons. The number of hydrogen-bond acceptors (Lipinski definition) is 5. The highest BCUT2D eigenvalue weighted by Crippen LogP contribution is 2.36. The molecule has 0 saturated heterocycles. The third-order valence-corrected chi connectivity index (χ3v) is 4.07. The van der Waals surface area contributed by atoms with Crippen LogP contribution >= 0.6 is 0 Å². The first kappa shape index (κ1) is 14.6. The second-order valence-electron chi connectivity index (χ2n) is 5.80. The lowest BCUT2D eigenvalue weighted by Gasteiger charge is -2.34. The van der Waals surface area contributed by atoms with Gasteiger partial charge in [0.25, 0.3) is 5.89 Å². The molecule has 1 fully saturated rings. The summed E-state index contributed by atoms with van der Waals surface area (Å²) < 4.78 is 5.34. The van der Waals surface area contributed by atoms with Crippen LogP contribution in [0.4, 0.5) is 0 Å². The molecule has 6 nitrogen and oxygen atoms in total. The van der Waals surface area contributed by atoms with Gasteiger partial charge in [0.2, 0.25) is 5.91 Å². The zero-order valence-corrected chi connectivity index (χ0v) is 12.5. The minimum atomic E-state index is -0.539. The molecule has 1 aliphatic carbocycles. The SMILES string of the molecule is CC(=O)NC1(c2noc(-c3cccc(O)c3)n2)CCCCC1. The summed E-state index contributed by atoms with van der Waals surface area (Å²) in [5.74, 6) is 0.916. The van der Waals surface area contributed by atoms with Crippen molar-refractivity contribution >= 4 is 5.91 Å². The summed E-state index contributed by atoms with van der Waals surface area (Å²) in [5, 5.41) is 16.7. The number of aromatic hydroxyl groups is 1. The quantitative estimate of drug-likeness (QED) is 0.910. The number of benzene rings is 1. The Morgan fingerprint density at radius 1 is 1.32 bits per heavy atom. The summed E-state index contributed by atoms with van der Waals surface area (Å²) in [6.07, 6.45) is 4.82. The highest BCUT2D eigenvalue weighted by molar-refractivity contribution is 5.74. The number of nitrogens with one attached hydrogen (secondary N) is 1. The summed E-state index contributed by atoms with van der Waals surface area (Å²) >= 11 is 0. The van der Waals surface area contributed by atoms with Gasteiger partial charge >= 0.3 is 0 Å². The number of phenolic OH excluding ortho intramolecular Hbond substituents is 1. The fourth-order valence-electron chi connectivity index (χ4n) is 3.07. The maximum absolute atomic E-state index is 11.6. The third-order valence-electron chi connectivity index (χ3n) is 4.07. The number of nitrogens with zero attached hydrogens (tertiary/aromatic N) is 2. The van der Waals surface area contributed by atoms with E-state index in [1.807, 2.05) is 0 Å². The van der Waals surface area contributed by atoms with Crippen LogP contribution < -0.4 is 5.32 Å². The van der Waals surface area contributed by atoms with Crippen molar-refractivity contribution in [2.24, 2.45) is 0 Å². The molecule has 116 valence electrons. The molecule has 6 heteroatoms. The van der Waals surface area contributed by atoms with Gasteiger partial charge in [-0.1, -0.05) is 30.5 Å². The molecule has 0 bridgehead atoms. The largest absolute Gasteiger partial charge is 0.508 e. The molecule has 1 amide bonds. The first-order valence-corrected chi connectivity index (χ1v) is 7.51. The van der Waals surface area contributed by atoms with Gasteiger partial charge in [-0.2, -0.15) is 4.98 Å². The Morgan fingerprint density at radius 3 is 2.77 bits per heavy atom. The number of phenols is 1. The van der Waals surface area contributed by atoms with E-state index in [-0.39, 0.29) is 11.7 Å². The first-order valence-electron chi connectivity index (χ1n) is 7.51. The number of hydrogen-bond donors (Lipinski definition) is 2. The lowest BCUT2D eigenvalue weighted by molar-refractivity contribution is -0.121. The molecule has 2 N–H and O–H groups in total. The van der Waals surface area contributed by atoms with Crippen molar-refractivity contribution in [2.45, 2.75) is 44.6 Å². The van der Waals surface area contributed by atoms with Crippen LogP contribution in [0.25, 0.3) is 11.5 Å². The molecule has 22 heavy (non-hydrogen) atoms. The van der Waals surface area contributed by atoms with Gasteiger partial charge in [0.1, 0.15) is 11.3 Å². The van der Waals surface area contributed by atoms with Gasteiger partial charge in [-0.25, -0.2) is 0 Å². The Labute approximate surface area is 128 Å².